The molecule has 0 radical (unpaired) electrons. The van der Waals surface area contributed by atoms with Crippen LogP contribution >= 0.6 is 15.9 Å². The number of carbonyl (C=O) groups excluding carboxylic acids is 1. The van der Waals surface area contributed by atoms with E-state index in [-0.39, 0.29) is 17.2 Å². The third-order valence-corrected chi connectivity index (χ3v) is 1.93. The molecule has 1 aliphatic heterocycles. The summed E-state index contributed by atoms with van der Waals surface area (Å²) < 4.78 is 0. The van der Waals surface area contributed by atoms with E-state index in [0.717, 1.165) is 0 Å². The Kier molecular flexibility index (Phi) is 3.18. The number of hydrazine groups is 1. The third-order valence-electron chi connectivity index (χ3n) is 1.45. The van der Waals surface area contributed by atoms with Crippen LogP contribution in [0, 0.1) is 10.1 Å². The Hall–Kier alpha value is -1.18. The van der Waals surface area contributed by atoms with Crippen LogP contribution in [-0.2, 0) is 4.79 Å². The molecule has 0 fully saturated rings. The summed E-state index contributed by atoms with van der Waals surface area (Å²) in [4.78, 5) is 26.2. The van der Waals surface area contributed by atoms with Crippen LogP contribution in [0.3, 0.4) is 0 Å². The lowest BCUT2D eigenvalue weighted by atomic mass is 10.5. The fourth-order valence-corrected chi connectivity index (χ4v) is 1.24. The van der Waals surface area contributed by atoms with Gasteiger partial charge in [0.1, 0.15) is 0 Å². The topological polar surface area (TPSA) is 87.8 Å². The molecule has 13 heavy (non-hydrogen) atoms. The van der Waals surface area contributed by atoms with Gasteiger partial charge in [0, 0.05) is 6.54 Å². The molecule has 0 aromatic heterocycles. The lowest BCUT2D eigenvalue weighted by molar-refractivity contribution is -0.526. The van der Waals surface area contributed by atoms with Crippen LogP contribution in [0.25, 0.3) is 0 Å². The van der Waals surface area contributed by atoms with Crippen molar-refractivity contribution in [1.29, 1.82) is 0 Å². The molecule has 0 saturated carbocycles. The molecule has 0 saturated heterocycles. The van der Waals surface area contributed by atoms with Crippen molar-refractivity contribution in [2.75, 3.05) is 18.4 Å². The molecule has 1 N–H and O–H groups in total. The SMILES string of the molecule is O=C(CBr)N1CCN=C1N[N+](=O)[O-]. The molecule has 1 rings (SSSR count). The zero-order valence-corrected chi connectivity index (χ0v) is 8.15. The number of nitrogens with zero attached hydrogens (tertiary/aromatic N) is 3. The first-order valence-electron chi connectivity index (χ1n) is 3.47. The van der Waals surface area contributed by atoms with Gasteiger partial charge in [-0.15, -0.1) is 0 Å². The Morgan fingerprint density at radius 1 is 1.85 bits per heavy atom. The van der Waals surface area contributed by atoms with E-state index in [1.54, 1.807) is 0 Å². The van der Waals surface area contributed by atoms with Crippen molar-refractivity contribution >= 4 is 27.8 Å². The molecule has 0 aromatic carbocycles. The summed E-state index contributed by atoms with van der Waals surface area (Å²) in [5.74, 6) is -0.236. The Morgan fingerprint density at radius 3 is 3.08 bits per heavy atom. The molecule has 0 unspecified atom stereocenters. The van der Waals surface area contributed by atoms with Crippen molar-refractivity contribution in [2.45, 2.75) is 0 Å². The van der Waals surface area contributed by atoms with E-state index < -0.39 is 5.03 Å². The first-order valence-corrected chi connectivity index (χ1v) is 4.59. The second-order valence-corrected chi connectivity index (χ2v) is 2.81. The standard InChI is InChI=1S/C5H7BrN4O3/c6-3-4(11)9-2-1-7-5(9)8-10(12)13/h1-3H2,(H,7,8). The second kappa shape index (κ2) is 4.17. The van der Waals surface area contributed by atoms with Gasteiger partial charge in [-0.2, -0.15) is 0 Å². The van der Waals surface area contributed by atoms with Crippen LogP contribution < -0.4 is 5.43 Å². The van der Waals surface area contributed by atoms with Gasteiger partial charge in [-0.05, 0) is 0 Å². The Labute approximate surface area is 82.1 Å². The largest absolute Gasteiger partial charge is 0.276 e. The summed E-state index contributed by atoms with van der Waals surface area (Å²) in [6, 6.07) is 0. The van der Waals surface area contributed by atoms with Gasteiger partial charge in [0.05, 0.1) is 11.9 Å². The maximum Gasteiger partial charge on any atom is 0.263 e. The van der Waals surface area contributed by atoms with Gasteiger partial charge in [-0.1, -0.05) is 21.4 Å². The molecule has 72 valence electrons. The number of hydrogen-bond donors (Lipinski definition) is 1. The third kappa shape index (κ3) is 2.38. The van der Waals surface area contributed by atoms with Crippen molar-refractivity contribution in [1.82, 2.24) is 10.3 Å². The normalized spacial score (nSPS) is 15.5. The Morgan fingerprint density at radius 2 is 2.54 bits per heavy atom. The van der Waals surface area contributed by atoms with E-state index in [1.807, 2.05) is 5.43 Å². The lowest BCUT2D eigenvalue weighted by Crippen LogP contribution is -2.45. The van der Waals surface area contributed by atoms with Crippen molar-refractivity contribution in [3.8, 4) is 0 Å². The summed E-state index contributed by atoms with van der Waals surface area (Å²) in [6.45, 7) is 0.787. The van der Waals surface area contributed by atoms with Gasteiger partial charge in [-0.25, -0.2) is 15.1 Å². The average molecular weight is 251 g/mol. The summed E-state index contributed by atoms with van der Waals surface area (Å²) in [5, 5.41) is 9.47. The van der Waals surface area contributed by atoms with Crippen molar-refractivity contribution < 1.29 is 9.83 Å². The van der Waals surface area contributed by atoms with Crippen LogP contribution in [0.15, 0.2) is 4.99 Å². The van der Waals surface area contributed by atoms with Crippen LogP contribution in [0.2, 0.25) is 0 Å². The quantitative estimate of drug-likeness (QED) is 0.401. The van der Waals surface area contributed by atoms with Crippen LogP contribution in [0.4, 0.5) is 0 Å². The minimum Gasteiger partial charge on any atom is -0.276 e. The molecule has 0 aromatic rings. The fourth-order valence-electron chi connectivity index (χ4n) is 0.939. The van der Waals surface area contributed by atoms with E-state index in [2.05, 4.69) is 20.9 Å². The van der Waals surface area contributed by atoms with E-state index in [1.165, 1.54) is 4.90 Å². The van der Waals surface area contributed by atoms with Gasteiger partial charge in [-0.3, -0.25) is 9.69 Å². The highest BCUT2D eigenvalue weighted by Crippen LogP contribution is 2.01. The highest BCUT2D eigenvalue weighted by atomic mass is 79.9. The molecule has 0 bridgehead atoms. The molecule has 0 spiro atoms. The van der Waals surface area contributed by atoms with E-state index in [4.69, 9.17) is 0 Å². The lowest BCUT2D eigenvalue weighted by Gasteiger charge is -2.13. The van der Waals surface area contributed by atoms with Gasteiger partial charge < -0.3 is 0 Å². The van der Waals surface area contributed by atoms with Gasteiger partial charge in [0.2, 0.25) is 5.91 Å². The smallest absolute Gasteiger partial charge is 0.263 e. The Balaban J connectivity index is 2.62. The minimum atomic E-state index is -0.737. The number of hydrogen-bond acceptors (Lipinski definition) is 4. The number of nitrogens with one attached hydrogen (secondary N) is 1. The summed E-state index contributed by atoms with van der Waals surface area (Å²) >= 11 is 2.97. The number of alkyl halides is 1. The molecule has 1 amide bonds. The van der Waals surface area contributed by atoms with Crippen molar-refractivity contribution in [2.24, 2.45) is 4.99 Å². The van der Waals surface area contributed by atoms with Gasteiger partial charge in [0.15, 0.2) is 5.03 Å². The number of carbonyl (C=O) groups is 1. The highest BCUT2D eigenvalue weighted by Gasteiger charge is 2.25. The molecule has 8 heteroatoms. The van der Waals surface area contributed by atoms with Gasteiger partial charge in [0.25, 0.3) is 5.96 Å². The summed E-state index contributed by atoms with van der Waals surface area (Å²) in [7, 11) is 0. The first-order chi connectivity index (χ1) is 6.15. The zero-order chi connectivity index (χ0) is 9.84. The molecule has 0 aliphatic carbocycles. The van der Waals surface area contributed by atoms with E-state index in [9.17, 15) is 14.9 Å². The number of guanidine groups is 1. The molecule has 7 nitrogen and oxygen atoms in total. The molecule has 1 aliphatic rings. The predicted molar refractivity (Wildman–Crippen MR) is 47.9 cm³/mol. The van der Waals surface area contributed by atoms with Crippen molar-refractivity contribution in [3.63, 3.8) is 0 Å². The number of halogens is 1. The Bertz CT molecular complexity index is 267. The summed E-state index contributed by atoms with van der Waals surface area (Å²) in [5.41, 5.74) is 1.86. The van der Waals surface area contributed by atoms with E-state index >= 15 is 0 Å². The first kappa shape index (κ1) is 9.90. The average Bonchev–Trinajstić information content (AvgIpc) is 2.50. The van der Waals surface area contributed by atoms with Gasteiger partial charge >= 0.3 is 0 Å². The fraction of sp³-hybridized carbons (Fsp3) is 0.600. The van der Waals surface area contributed by atoms with Crippen LogP contribution in [-0.4, -0.2) is 40.2 Å². The number of amides is 1. The maximum absolute atomic E-state index is 11.1. The molecule has 0 atom stereocenters. The molecule has 1 heterocycles. The van der Waals surface area contributed by atoms with Crippen LogP contribution in [0.5, 0.6) is 0 Å². The summed E-state index contributed by atoms with van der Waals surface area (Å²) in [6.07, 6.45) is 0. The number of nitro groups is 1. The van der Waals surface area contributed by atoms with E-state index in [0.29, 0.717) is 13.1 Å². The highest BCUT2D eigenvalue weighted by molar-refractivity contribution is 9.09. The number of rotatable bonds is 2. The molecular formula is C5H7BrN4O3. The zero-order valence-electron chi connectivity index (χ0n) is 6.57. The monoisotopic (exact) mass is 250 g/mol. The van der Waals surface area contributed by atoms with Crippen LogP contribution in [0.1, 0.15) is 0 Å². The maximum atomic E-state index is 11.1. The molecular weight excluding hydrogens is 244 g/mol. The predicted octanol–water partition coefficient (Wildman–Crippen LogP) is -0.639. The van der Waals surface area contributed by atoms with Crippen molar-refractivity contribution in [3.05, 3.63) is 10.1 Å². The second-order valence-electron chi connectivity index (χ2n) is 2.25. The minimum absolute atomic E-state index is 0.00875. The number of aliphatic imine (C=N–C) groups is 1.